The monoisotopic (exact) mass is 337 g/mol. The maximum Gasteiger partial charge on any atom is 0.175 e. The van der Waals surface area contributed by atoms with Crippen LogP contribution in [0.1, 0.15) is 38.5 Å². The van der Waals surface area contributed by atoms with E-state index in [1.54, 1.807) is 24.3 Å². The highest BCUT2D eigenvalue weighted by atomic mass is 32.2. The van der Waals surface area contributed by atoms with Crippen LogP contribution in [0.2, 0.25) is 0 Å². The fourth-order valence-electron chi connectivity index (χ4n) is 4.09. The molecule has 1 aliphatic heterocycles. The zero-order valence-electron chi connectivity index (χ0n) is 13.9. The van der Waals surface area contributed by atoms with Crippen molar-refractivity contribution in [1.82, 2.24) is 5.32 Å². The molecule has 0 bridgehead atoms. The molecular weight excluding hydrogens is 310 g/mol. The third-order valence-electron chi connectivity index (χ3n) is 5.67. The van der Waals surface area contributed by atoms with E-state index in [4.69, 9.17) is 4.74 Å². The van der Waals surface area contributed by atoms with Crippen LogP contribution < -0.4 is 10.1 Å². The van der Waals surface area contributed by atoms with E-state index in [1.165, 1.54) is 51.4 Å². The second-order valence-electron chi connectivity index (χ2n) is 7.08. The molecule has 23 heavy (non-hydrogen) atoms. The fourth-order valence-corrected chi connectivity index (χ4v) is 4.72. The molecule has 3 rings (SSSR count). The molecule has 1 unspecified atom stereocenters. The second kappa shape index (κ2) is 6.81. The zero-order valence-corrected chi connectivity index (χ0v) is 14.7. The van der Waals surface area contributed by atoms with Gasteiger partial charge in [0.05, 0.1) is 11.5 Å². The minimum Gasteiger partial charge on any atom is -0.494 e. The van der Waals surface area contributed by atoms with E-state index in [0.29, 0.717) is 16.9 Å². The molecule has 1 heterocycles. The molecule has 1 aromatic carbocycles. The van der Waals surface area contributed by atoms with Gasteiger partial charge in [0.2, 0.25) is 0 Å². The Hall–Kier alpha value is -1.07. The molecule has 0 radical (unpaired) electrons. The normalized spacial score (nSPS) is 23.4. The van der Waals surface area contributed by atoms with Crippen molar-refractivity contribution in [2.75, 3.05) is 26.0 Å². The van der Waals surface area contributed by atoms with Crippen LogP contribution in [0.15, 0.2) is 29.2 Å². The summed E-state index contributed by atoms with van der Waals surface area (Å²) in [4.78, 5) is 0.340. The molecule has 4 nitrogen and oxygen atoms in total. The summed E-state index contributed by atoms with van der Waals surface area (Å²) >= 11 is 0. The number of hydrogen-bond acceptors (Lipinski definition) is 4. The van der Waals surface area contributed by atoms with E-state index in [9.17, 15) is 8.42 Å². The molecule has 1 aromatic rings. The summed E-state index contributed by atoms with van der Waals surface area (Å²) in [6, 6.07) is 6.71. The number of sulfone groups is 1. The van der Waals surface area contributed by atoms with Gasteiger partial charge in [-0.3, -0.25) is 0 Å². The van der Waals surface area contributed by atoms with Gasteiger partial charge in [-0.15, -0.1) is 0 Å². The lowest BCUT2D eigenvalue weighted by Gasteiger charge is -2.52. The first-order valence-corrected chi connectivity index (χ1v) is 10.5. The molecule has 1 atom stereocenters. The Balaban J connectivity index is 1.42. The van der Waals surface area contributed by atoms with E-state index in [2.05, 4.69) is 5.32 Å². The van der Waals surface area contributed by atoms with Crippen LogP contribution in [-0.4, -0.2) is 34.4 Å². The average molecular weight is 337 g/mol. The summed E-state index contributed by atoms with van der Waals surface area (Å²) in [5.74, 6) is 1.63. The Morgan fingerprint density at radius 3 is 2.43 bits per heavy atom. The molecule has 5 heteroatoms. The van der Waals surface area contributed by atoms with Crippen molar-refractivity contribution in [3.05, 3.63) is 24.3 Å². The summed E-state index contributed by atoms with van der Waals surface area (Å²) in [7, 11) is -3.13. The molecule has 0 aromatic heterocycles. The van der Waals surface area contributed by atoms with E-state index < -0.39 is 9.84 Å². The minimum absolute atomic E-state index is 0.340. The zero-order chi connectivity index (χ0) is 16.3. The van der Waals surface area contributed by atoms with Crippen molar-refractivity contribution in [3.8, 4) is 5.75 Å². The van der Waals surface area contributed by atoms with Crippen LogP contribution in [0.3, 0.4) is 0 Å². The van der Waals surface area contributed by atoms with Gasteiger partial charge < -0.3 is 10.1 Å². The van der Waals surface area contributed by atoms with Gasteiger partial charge in [0.15, 0.2) is 9.84 Å². The lowest BCUT2D eigenvalue weighted by atomic mass is 9.54. The predicted molar refractivity (Wildman–Crippen MR) is 91.5 cm³/mol. The topological polar surface area (TPSA) is 55.4 Å². The molecule has 2 aliphatic rings. The molecular formula is C18H27NO3S. The van der Waals surface area contributed by atoms with Crippen molar-refractivity contribution in [2.45, 2.75) is 43.4 Å². The Morgan fingerprint density at radius 2 is 1.87 bits per heavy atom. The summed E-state index contributed by atoms with van der Waals surface area (Å²) in [6.07, 6.45) is 9.01. The quantitative estimate of drug-likeness (QED) is 0.811. The number of ether oxygens (including phenoxy) is 1. The smallest absolute Gasteiger partial charge is 0.175 e. The van der Waals surface area contributed by atoms with Gasteiger partial charge in [-0.2, -0.15) is 0 Å². The van der Waals surface area contributed by atoms with Gasteiger partial charge in [-0.1, -0.05) is 0 Å². The van der Waals surface area contributed by atoms with Crippen molar-refractivity contribution >= 4 is 9.84 Å². The van der Waals surface area contributed by atoms with Crippen molar-refractivity contribution < 1.29 is 13.2 Å². The standard InChI is InChI=1S/C18H27NO3S/c1-23(20,21)17-6-4-16(5-7-17)22-14-2-3-15-8-9-18(15)10-12-19-13-11-18/h4-7,15,19H,2-3,8-14H2,1H3. The summed E-state index contributed by atoms with van der Waals surface area (Å²) in [6.45, 7) is 3.07. The van der Waals surface area contributed by atoms with E-state index >= 15 is 0 Å². The number of hydrogen-bond donors (Lipinski definition) is 1. The van der Waals surface area contributed by atoms with E-state index in [-0.39, 0.29) is 0 Å². The summed E-state index contributed by atoms with van der Waals surface area (Å²) in [5.41, 5.74) is 0.627. The Bertz CT molecular complexity index is 618. The number of rotatable bonds is 6. The van der Waals surface area contributed by atoms with Crippen molar-refractivity contribution in [2.24, 2.45) is 11.3 Å². The van der Waals surface area contributed by atoms with Gasteiger partial charge >= 0.3 is 0 Å². The highest BCUT2D eigenvalue weighted by molar-refractivity contribution is 7.90. The van der Waals surface area contributed by atoms with Crippen LogP contribution in [0, 0.1) is 11.3 Å². The Morgan fingerprint density at radius 1 is 1.17 bits per heavy atom. The first-order chi connectivity index (χ1) is 11.0. The van der Waals surface area contributed by atoms with Gasteiger partial charge in [-0.05, 0) is 87.2 Å². The molecule has 1 spiro atoms. The lowest BCUT2D eigenvalue weighted by Crippen LogP contribution is -2.47. The predicted octanol–water partition coefficient (Wildman–Crippen LogP) is 3.03. The maximum atomic E-state index is 11.4. The van der Waals surface area contributed by atoms with Crippen LogP contribution in [0.25, 0.3) is 0 Å². The number of nitrogens with one attached hydrogen (secondary N) is 1. The third-order valence-corrected chi connectivity index (χ3v) is 6.80. The molecule has 128 valence electrons. The molecule has 1 N–H and O–H groups in total. The Kier molecular flexibility index (Phi) is 4.97. The second-order valence-corrected chi connectivity index (χ2v) is 9.10. The van der Waals surface area contributed by atoms with Crippen LogP contribution in [0.5, 0.6) is 5.75 Å². The van der Waals surface area contributed by atoms with E-state index in [1.807, 2.05) is 0 Å². The fraction of sp³-hybridized carbons (Fsp3) is 0.667. The molecule has 1 aliphatic carbocycles. The highest BCUT2D eigenvalue weighted by Crippen LogP contribution is 2.54. The molecule has 1 saturated carbocycles. The molecule has 2 fully saturated rings. The van der Waals surface area contributed by atoms with Gasteiger partial charge in [0.25, 0.3) is 0 Å². The minimum atomic E-state index is -3.13. The van der Waals surface area contributed by atoms with Gasteiger partial charge in [0.1, 0.15) is 5.75 Å². The highest BCUT2D eigenvalue weighted by Gasteiger charge is 2.45. The first kappa shape index (κ1) is 16.8. The Labute approximate surface area is 139 Å². The van der Waals surface area contributed by atoms with Crippen LogP contribution >= 0.6 is 0 Å². The first-order valence-electron chi connectivity index (χ1n) is 8.63. The third kappa shape index (κ3) is 3.89. The summed E-state index contributed by atoms with van der Waals surface area (Å²) in [5, 5.41) is 3.47. The molecule has 1 saturated heterocycles. The lowest BCUT2D eigenvalue weighted by molar-refractivity contribution is -0.0103. The average Bonchev–Trinajstić information content (AvgIpc) is 2.54. The van der Waals surface area contributed by atoms with Gasteiger partial charge in [-0.25, -0.2) is 8.42 Å². The maximum absolute atomic E-state index is 11.4. The summed E-state index contributed by atoms with van der Waals surface area (Å²) < 4.78 is 28.6. The van der Waals surface area contributed by atoms with Crippen molar-refractivity contribution in [1.29, 1.82) is 0 Å². The van der Waals surface area contributed by atoms with Crippen LogP contribution in [0.4, 0.5) is 0 Å². The van der Waals surface area contributed by atoms with Gasteiger partial charge in [0, 0.05) is 6.26 Å². The SMILES string of the molecule is CS(=O)(=O)c1ccc(OCCCC2CCC23CCNCC3)cc1. The van der Waals surface area contributed by atoms with Crippen molar-refractivity contribution in [3.63, 3.8) is 0 Å². The largest absolute Gasteiger partial charge is 0.494 e. The van der Waals surface area contributed by atoms with Crippen LogP contribution in [-0.2, 0) is 9.84 Å². The number of benzene rings is 1. The molecule has 0 amide bonds. The number of piperidine rings is 1. The van der Waals surface area contributed by atoms with E-state index in [0.717, 1.165) is 18.1 Å².